The molecule has 0 radical (unpaired) electrons. The van der Waals surface area contributed by atoms with Crippen LogP contribution in [0.3, 0.4) is 0 Å². The number of rotatable bonds is 4. The van der Waals surface area contributed by atoms with Gasteiger partial charge in [0.25, 0.3) is 0 Å². The van der Waals surface area contributed by atoms with E-state index in [0.29, 0.717) is 0 Å². The maximum absolute atomic E-state index is 13.6. The maximum Gasteiger partial charge on any atom is 0.331 e. The largest absolute Gasteiger partial charge is 0.479 e. The molecule has 98 valence electrons. The molecule has 4 nitrogen and oxygen atoms in total. The first-order chi connectivity index (χ1) is 8.38. The molecule has 6 heteroatoms. The number of likely N-dealkylation sites (N-methyl/N-ethyl adjacent to an activating group) is 1. The highest BCUT2D eigenvalue weighted by Gasteiger charge is 2.31. The lowest BCUT2D eigenvalue weighted by Gasteiger charge is -2.27. The fraction of sp³-hybridized carbons (Fsp3) is 0.333. The fourth-order valence-electron chi connectivity index (χ4n) is 1.75. The quantitative estimate of drug-likeness (QED) is 0.897. The Morgan fingerprint density at radius 2 is 2.00 bits per heavy atom. The number of benzene rings is 1. The zero-order chi connectivity index (χ0) is 13.9. The van der Waals surface area contributed by atoms with Crippen LogP contribution in [-0.4, -0.2) is 28.4 Å². The third-order valence-electron chi connectivity index (χ3n) is 2.54. The highest BCUT2D eigenvalue weighted by Crippen LogP contribution is 2.24. The van der Waals surface area contributed by atoms with Crippen molar-refractivity contribution in [2.24, 2.45) is 0 Å². The van der Waals surface area contributed by atoms with Crippen LogP contribution >= 0.6 is 0 Å². The van der Waals surface area contributed by atoms with Crippen molar-refractivity contribution in [1.29, 1.82) is 0 Å². The Labute approximate surface area is 103 Å². The van der Waals surface area contributed by atoms with Crippen LogP contribution in [-0.2, 0) is 9.59 Å². The van der Waals surface area contributed by atoms with Gasteiger partial charge in [-0.15, -0.1) is 0 Å². The Morgan fingerprint density at radius 3 is 2.44 bits per heavy atom. The van der Waals surface area contributed by atoms with Crippen LogP contribution < -0.4 is 0 Å². The summed E-state index contributed by atoms with van der Waals surface area (Å²) in [5, 5.41) is 9.11. The number of hydrogen-bond donors (Lipinski definition) is 1. The van der Waals surface area contributed by atoms with E-state index in [1.807, 2.05) is 0 Å². The molecule has 1 atom stereocenters. The summed E-state index contributed by atoms with van der Waals surface area (Å²) in [5.41, 5.74) is -0.362. The SMILES string of the molecule is CCN(C(C)=O)C(C(=O)O)c1cc(F)ccc1F. The van der Waals surface area contributed by atoms with Crippen molar-refractivity contribution in [3.63, 3.8) is 0 Å². The van der Waals surface area contributed by atoms with E-state index in [1.165, 1.54) is 6.92 Å². The molecule has 1 amide bonds. The summed E-state index contributed by atoms with van der Waals surface area (Å²) >= 11 is 0. The van der Waals surface area contributed by atoms with Gasteiger partial charge in [0.1, 0.15) is 11.6 Å². The summed E-state index contributed by atoms with van der Waals surface area (Å²) in [7, 11) is 0. The standard InChI is InChI=1S/C12H13F2NO3/c1-3-15(7(2)16)11(12(17)18)9-6-8(13)4-5-10(9)14/h4-6,11H,3H2,1-2H3,(H,17,18). The van der Waals surface area contributed by atoms with Crippen LogP contribution in [0, 0.1) is 11.6 Å². The topological polar surface area (TPSA) is 57.6 Å². The van der Waals surface area contributed by atoms with E-state index in [1.54, 1.807) is 6.92 Å². The minimum absolute atomic E-state index is 0.0856. The lowest BCUT2D eigenvalue weighted by molar-refractivity contribution is -0.149. The molecular formula is C12H13F2NO3. The summed E-state index contributed by atoms with van der Waals surface area (Å²) in [5.74, 6) is -3.54. The lowest BCUT2D eigenvalue weighted by atomic mass is 10.0. The predicted molar refractivity (Wildman–Crippen MR) is 59.8 cm³/mol. The van der Waals surface area contributed by atoms with Gasteiger partial charge in [-0.25, -0.2) is 13.6 Å². The van der Waals surface area contributed by atoms with Crippen LogP contribution in [0.2, 0.25) is 0 Å². The number of carbonyl (C=O) groups excluding carboxylic acids is 1. The third kappa shape index (κ3) is 2.82. The Morgan fingerprint density at radius 1 is 1.39 bits per heavy atom. The Kier molecular flexibility index (Phi) is 4.36. The molecule has 1 rings (SSSR count). The minimum atomic E-state index is -1.52. The van der Waals surface area contributed by atoms with Crippen molar-refractivity contribution in [2.75, 3.05) is 6.54 Å². The van der Waals surface area contributed by atoms with Gasteiger partial charge in [-0.05, 0) is 25.1 Å². The Bertz CT molecular complexity index is 476. The molecule has 0 saturated heterocycles. The molecule has 0 fully saturated rings. The number of halogens is 2. The van der Waals surface area contributed by atoms with Crippen LogP contribution in [0.1, 0.15) is 25.5 Å². The molecular weight excluding hydrogens is 244 g/mol. The van der Waals surface area contributed by atoms with Gasteiger partial charge >= 0.3 is 5.97 Å². The highest BCUT2D eigenvalue weighted by molar-refractivity contribution is 5.83. The molecule has 0 aliphatic heterocycles. The normalized spacial score (nSPS) is 12.0. The summed E-state index contributed by atoms with van der Waals surface area (Å²) in [4.78, 5) is 23.5. The molecule has 1 aromatic carbocycles. The number of carboxylic acid groups (broad SMARTS) is 1. The predicted octanol–water partition coefficient (Wildman–Crippen LogP) is 1.96. The van der Waals surface area contributed by atoms with Gasteiger partial charge in [-0.2, -0.15) is 0 Å². The second kappa shape index (κ2) is 5.57. The Hall–Kier alpha value is -1.98. The first kappa shape index (κ1) is 14.1. The van der Waals surface area contributed by atoms with Crippen LogP contribution in [0.4, 0.5) is 8.78 Å². The zero-order valence-electron chi connectivity index (χ0n) is 9.98. The van der Waals surface area contributed by atoms with E-state index in [9.17, 15) is 18.4 Å². The molecule has 0 aromatic heterocycles. The van der Waals surface area contributed by atoms with Crippen molar-refractivity contribution >= 4 is 11.9 Å². The summed E-state index contributed by atoms with van der Waals surface area (Å²) in [6.07, 6.45) is 0. The van der Waals surface area contributed by atoms with Crippen molar-refractivity contribution in [3.8, 4) is 0 Å². The van der Waals surface area contributed by atoms with E-state index >= 15 is 0 Å². The average molecular weight is 257 g/mol. The Balaban J connectivity index is 3.31. The highest BCUT2D eigenvalue weighted by atomic mass is 19.1. The van der Waals surface area contributed by atoms with E-state index in [-0.39, 0.29) is 12.1 Å². The minimum Gasteiger partial charge on any atom is -0.479 e. The first-order valence-corrected chi connectivity index (χ1v) is 5.33. The molecule has 0 saturated carbocycles. The molecule has 0 aliphatic carbocycles. The van der Waals surface area contributed by atoms with E-state index < -0.39 is 29.6 Å². The number of nitrogens with zero attached hydrogens (tertiary/aromatic N) is 1. The zero-order valence-corrected chi connectivity index (χ0v) is 9.98. The second-order valence-electron chi connectivity index (χ2n) is 3.71. The van der Waals surface area contributed by atoms with Crippen molar-refractivity contribution in [1.82, 2.24) is 4.90 Å². The third-order valence-corrected chi connectivity index (χ3v) is 2.54. The molecule has 0 spiro atoms. The average Bonchev–Trinajstić information content (AvgIpc) is 2.28. The van der Waals surface area contributed by atoms with Gasteiger partial charge in [0, 0.05) is 19.0 Å². The first-order valence-electron chi connectivity index (χ1n) is 5.33. The second-order valence-corrected chi connectivity index (χ2v) is 3.71. The number of carbonyl (C=O) groups is 2. The molecule has 1 N–H and O–H groups in total. The summed E-state index contributed by atoms with van der Waals surface area (Å²) < 4.78 is 26.6. The van der Waals surface area contributed by atoms with Gasteiger partial charge < -0.3 is 10.0 Å². The van der Waals surface area contributed by atoms with E-state index in [0.717, 1.165) is 23.1 Å². The van der Waals surface area contributed by atoms with E-state index in [2.05, 4.69) is 0 Å². The van der Waals surface area contributed by atoms with Crippen LogP contribution in [0.15, 0.2) is 18.2 Å². The van der Waals surface area contributed by atoms with Crippen molar-refractivity contribution in [2.45, 2.75) is 19.9 Å². The van der Waals surface area contributed by atoms with Crippen LogP contribution in [0.5, 0.6) is 0 Å². The van der Waals surface area contributed by atoms with Gasteiger partial charge in [0.05, 0.1) is 0 Å². The fourth-order valence-corrected chi connectivity index (χ4v) is 1.75. The molecule has 0 aliphatic rings. The lowest BCUT2D eigenvalue weighted by Crippen LogP contribution is -2.38. The number of hydrogen-bond acceptors (Lipinski definition) is 2. The molecule has 1 unspecified atom stereocenters. The van der Waals surface area contributed by atoms with Gasteiger partial charge in [0.2, 0.25) is 5.91 Å². The van der Waals surface area contributed by atoms with Gasteiger partial charge in [-0.3, -0.25) is 4.79 Å². The van der Waals surface area contributed by atoms with Gasteiger partial charge in [0.15, 0.2) is 6.04 Å². The summed E-state index contributed by atoms with van der Waals surface area (Å²) in [6.45, 7) is 2.83. The smallest absolute Gasteiger partial charge is 0.331 e. The molecule has 18 heavy (non-hydrogen) atoms. The number of carboxylic acids is 1. The van der Waals surface area contributed by atoms with Crippen molar-refractivity contribution in [3.05, 3.63) is 35.4 Å². The molecule has 0 bridgehead atoms. The van der Waals surface area contributed by atoms with Gasteiger partial charge in [-0.1, -0.05) is 0 Å². The summed E-state index contributed by atoms with van der Waals surface area (Å²) in [6, 6.07) is 0.999. The molecule has 0 heterocycles. The number of aliphatic carboxylic acids is 1. The molecule has 1 aromatic rings. The van der Waals surface area contributed by atoms with E-state index in [4.69, 9.17) is 5.11 Å². The maximum atomic E-state index is 13.6. The van der Waals surface area contributed by atoms with Crippen LogP contribution in [0.25, 0.3) is 0 Å². The monoisotopic (exact) mass is 257 g/mol. The van der Waals surface area contributed by atoms with Crippen molar-refractivity contribution < 1.29 is 23.5 Å². The number of amides is 1.